The summed E-state index contributed by atoms with van der Waals surface area (Å²) in [4.78, 5) is 0. The Bertz CT molecular complexity index is 359. The highest BCUT2D eigenvalue weighted by Gasteiger charge is 2.11. The average molecular weight is 384 g/mol. The summed E-state index contributed by atoms with van der Waals surface area (Å²) < 4.78 is 12.3. The summed E-state index contributed by atoms with van der Waals surface area (Å²) in [6.45, 7) is 3.30. The van der Waals surface area contributed by atoms with E-state index in [4.69, 9.17) is 9.47 Å². The van der Waals surface area contributed by atoms with Gasteiger partial charge in [0.15, 0.2) is 11.5 Å². The standard InChI is InChI=1S/C12H16Br2O2S/c1-3-15-11-7-9(8-13)6-10(14)12(11)16-4-5-17-2/h6-7H,3-5,8H2,1-2H3. The predicted molar refractivity (Wildman–Crippen MR) is 81.8 cm³/mol. The number of hydrogen-bond acceptors (Lipinski definition) is 3. The predicted octanol–water partition coefficient (Wildman–Crippen LogP) is 4.48. The molecule has 0 unspecified atom stereocenters. The molecule has 1 aromatic rings. The average Bonchev–Trinajstić information content (AvgIpc) is 2.32. The first-order chi connectivity index (χ1) is 8.22. The van der Waals surface area contributed by atoms with Crippen LogP contribution in [0.2, 0.25) is 0 Å². The van der Waals surface area contributed by atoms with Gasteiger partial charge in [-0.2, -0.15) is 11.8 Å². The van der Waals surface area contributed by atoms with Gasteiger partial charge in [0, 0.05) is 11.1 Å². The minimum atomic E-state index is 0.636. The molecule has 0 saturated carbocycles. The first kappa shape index (κ1) is 15.2. The van der Waals surface area contributed by atoms with E-state index >= 15 is 0 Å². The third-order valence-electron chi connectivity index (χ3n) is 2.06. The van der Waals surface area contributed by atoms with Gasteiger partial charge in [0.05, 0.1) is 17.7 Å². The smallest absolute Gasteiger partial charge is 0.175 e. The van der Waals surface area contributed by atoms with E-state index in [0.29, 0.717) is 13.2 Å². The van der Waals surface area contributed by atoms with Gasteiger partial charge in [0.1, 0.15) is 0 Å². The quantitative estimate of drug-likeness (QED) is 0.510. The maximum absolute atomic E-state index is 5.75. The normalized spacial score (nSPS) is 10.4. The molecule has 96 valence electrons. The van der Waals surface area contributed by atoms with E-state index in [2.05, 4.69) is 38.1 Å². The van der Waals surface area contributed by atoms with Gasteiger partial charge in [-0.15, -0.1) is 0 Å². The zero-order chi connectivity index (χ0) is 12.7. The Morgan fingerprint density at radius 3 is 2.65 bits per heavy atom. The number of thioether (sulfide) groups is 1. The van der Waals surface area contributed by atoms with Gasteiger partial charge in [0.25, 0.3) is 0 Å². The van der Waals surface area contributed by atoms with Crippen molar-refractivity contribution in [3.8, 4) is 11.5 Å². The molecule has 0 radical (unpaired) electrons. The molecule has 0 amide bonds. The Labute approximate surface area is 124 Å². The number of ether oxygens (including phenoxy) is 2. The highest BCUT2D eigenvalue weighted by Crippen LogP contribution is 2.37. The van der Waals surface area contributed by atoms with Crippen molar-refractivity contribution in [3.05, 3.63) is 22.2 Å². The molecule has 0 bridgehead atoms. The number of alkyl halides is 1. The molecule has 0 aliphatic carbocycles. The second kappa shape index (κ2) is 8.27. The zero-order valence-corrected chi connectivity index (χ0v) is 14.0. The Morgan fingerprint density at radius 1 is 1.29 bits per heavy atom. The van der Waals surface area contributed by atoms with Crippen LogP contribution in [-0.4, -0.2) is 25.2 Å². The van der Waals surface area contributed by atoms with Crippen LogP contribution in [0.5, 0.6) is 11.5 Å². The molecule has 0 aromatic heterocycles. The van der Waals surface area contributed by atoms with Crippen molar-refractivity contribution in [2.24, 2.45) is 0 Å². The summed E-state index contributed by atoms with van der Waals surface area (Å²) in [6, 6.07) is 4.06. The molecule has 0 atom stereocenters. The van der Waals surface area contributed by atoms with Crippen LogP contribution in [-0.2, 0) is 5.33 Å². The van der Waals surface area contributed by atoms with Crippen molar-refractivity contribution < 1.29 is 9.47 Å². The largest absolute Gasteiger partial charge is 0.490 e. The monoisotopic (exact) mass is 382 g/mol. The van der Waals surface area contributed by atoms with Crippen LogP contribution in [0.3, 0.4) is 0 Å². The van der Waals surface area contributed by atoms with Gasteiger partial charge in [-0.1, -0.05) is 15.9 Å². The number of benzene rings is 1. The van der Waals surface area contributed by atoms with E-state index in [9.17, 15) is 0 Å². The van der Waals surface area contributed by atoms with Crippen LogP contribution in [0.25, 0.3) is 0 Å². The van der Waals surface area contributed by atoms with Gasteiger partial charge in [-0.05, 0) is 46.8 Å². The molecule has 2 nitrogen and oxygen atoms in total. The van der Waals surface area contributed by atoms with Crippen molar-refractivity contribution in [2.45, 2.75) is 12.3 Å². The van der Waals surface area contributed by atoms with Gasteiger partial charge in [0.2, 0.25) is 0 Å². The molecule has 0 aliphatic rings. The summed E-state index contributed by atoms with van der Waals surface area (Å²) in [5, 5.41) is 0.802. The van der Waals surface area contributed by atoms with Gasteiger partial charge < -0.3 is 9.47 Å². The van der Waals surface area contributed by atoms with E-state index in [1.54, 1.807) is 11.8 Å². The lowest BCUT2D eigenvalue weighted by atomic mass is 10.2. The highest BCUT2D eigenvalue weighted by molar-refractivity contribution is 9.10. The van der Waals surface area contributed by atoms with Crippen molar-refractivity contribution >= 4 is 43.6 Å². The van der Waals surface area contributed by atoms with Gasteiger partial charge in [-0.3, -0.25) is 0 Å². The molecule has 0 heterocycles. The van der Waals surface area contributed by atoms with Gasteiger partial charge >= 0.3 is 0 Å². The van der Waals surface area contributed by atoms with Gasteiger partial charge in [-0.25, -0.2) is 0 Å². The summed E-state index contributed by atoms with van der Waals surface area (Å²) in [7, 11) is 0. The Kier molecular flexibility index (Phi) is 7.39. The minimum Gasteiger partial charge on any atom is -0.490 e. The molecular formula is C12H16Br2O2S. The minimum absolute atomic E-state index is 0.636. The Balaban J connectivity index is 2.90. The van der Waals surface area contributed by atoms with Crippen LogP contribution in [0.15, 0.2) is 16.6 Å². The fourth-order valence-corrected chi connectivity index (χ4v) is 2.51. The van der Waals surface area contributed by atoms with Crippen molar-refractivity contribution in [3.63, 3.8) is 0 Å². The third kappa shape index (κ3) is 4.72. The SMILES string of the molecule is CCOc1cc(CBr)cc(Br)c1OCCSC. The molecule has 5 heteroatoms. The maximum Gasteiger partial charge on any atom is 0.175 e. The first-order valence-electron chi connectivity index (χ1n) is 5.35. The van der Waals surface area contributed by atoms with Crippen LogP contribution >= 0.6 is 43.6 Å². The van der Waals surface area contributed by atoms with Crippen molar-refractivity contribution in [2.75, 3.05) is 25.2 Å². The third-order valence-corrected chi connectivity index (χ3v) is 3.87. The zero-order valence-electron chi connectivity index (χ0n) is 9.96. The summed E-state index contributed by atoms with van der Waals surface area (Å²) in [5.74, 6) is 2.57. The van der Waals surface area contributed by atoms with Crippen LogP contribution < -0.4 is 9.47 Å². The van der Waals surface area contributed by atoms with Crippen LogP contribution in [0.4, 0.5) is 0 Å². The molecular weight excluding hydrogens is 368 g/mol. The number of hydrogen-bond donors (Lipinski definition) is 0. The van der Waals surface area contributed by atoms with Crippen molar-refractivity contribution in [1.82, 2.24) is 0 Å². The molecule has 0 N–H and O–H groups in total. The van der Waals surface area contributed by atoms with Crippen LogP contribution in [0, 0.1) is 0 Å². The molecule has 0 fully saturated rings. The maximum atomic E-state index is 5.75. The molecule has 0 aliphatic heterocycles. The fourth-order valence-electron chi connectivity index (χ4n) is 1.33. The highest BCUT2D eigenvalue weighted by atomic mass is 79.9. The second-order valence-corrected chi connectivity index (χ2v) is 5.71. The van der Waals surface area contributed by atoms with Crippen molar-refractivity contribution in [1.29, 1.82) is 0 Å². The molecule has 0 spiro atoms. The topological polar surface area (TPSA) is 18.5 Å². The molecule has 1 rings (SSSR count). The second-order valence-electron chi connectivity index (χ2n) is 3.31. The van der Waals surface area contributed by atoms with E-state index in [-0.39, 0.29) is 0 Å². The summed E-state index contributed by atoms with van der Waals surface area (Å²) in [6.07, 6.45) is 2.07. The summed E-state index contributed by atoms with van der Waals surface area (Å²) in [5.41, 5.74) is 1.16. The van der Waals surface area contributed by atoms with E-state index < -0.39 is 0 Å². The Hall–Kier alpha value is 0.130. The molecule has 1 aromatic carbocycles. The Morgan fingerprint density at radius 2 is 2.06 bits per heavy atom. The first-order valence-corrected chi connectivity index (χ1v) is 8.66. The van der Waals surface area contributed by atoms with Crippen LogP contribution in [0.1, 0.15) is 12.5 Å². The summed E-state index contributed by atoms with van der Waals surface area (Å²) >= 11 is 8.74. The molecule has 0 saturated heterocycles. The lowest BCUT2D eigenvalue weighted by Crippen LogP contribution is -2.04. The lowest BCUT2D eigenvalue weighted by Gasteiger charge is -2.14. The molecule has 17 heavy (non-hydrogen) atoms. The van der Waals surface area contributed by atoms with E-state index in [1.165, 1.54) is 0 Å². The van der Waals surface area contributed by atoms with E-state index in [1.807, 2.05) is 19.1 Å². The lowest BCUT2D eigenvalue weighted by molar-refractivity contribution is 0.288. The van der Waals surface area contributed by atoms with E-state index in [0.717, 1.165) is 32.6 Å². The number of rotatable bonds is 7. The number of halogens is 2. The fraction of sp³-hybridized carbons (Fsp3) is 0.500.